The van der Waals surface area contributed by atoms with Gasteiger partial charge in [-0.3, -0.25) is 14.4 Å². The number of nitrogens with one attached hydrogen (secondary N) is 2. The van der Waals surface area contributed by atoms with Gasteiger partial charge in [-0.1, -0.05) is 49.1 Å². The molecule has 0 radical (unpaired) electrons. The minimum atomic E-state index is -1.19. The number of ether oxygens (including phenoxy) is 1. The van der Waals surface area contributed by atoms with Gasteiger partial charge in [-0.15, -0.1) is 0 Å². The maximum atomic E-state index is 13.8. The van der Waals surface area contributed by atoms with Crippen LogP contribution in [0.25, 0.3) is 0 Å². The van der Waals surface area contributed by atoms with Crippen LogP contribution < -0.4 is 16.4 Å². The van der Waals surface area contributed by atoms with E-state index >= 15 is 0 Å². The van der Waals surface area contributed by atoms with E-state index in [1.807, 2.05) is 30.3 Å². The summed E-state index contributed by atoms with van der Waals surface area (Å²) in [4.78, 5) is 41.3. The molecule has 2 aliphatic rings. The molecule has 2 saturated heterocycles. The number of allylic oxidation sites excluding steroid dienone is 4. The Morgan fingerprint density at radius 2 is 2.05 bits per heavy atom. The van der Waals surface area contributed by atoms with Gasteiger partial charge in [0.15, 0.2) is 0 Å². The van der Waals surface area contributed by atoms with Crippen molar-refractivity contribution in [2.75, 3.05) is 26.2 Å². The molecule has 3 rings (SSSR count). The third-order valence-electron chi connectivity index (χ3n) is 7.15. The number of nitrogens with two attached hydrogens (primary N) is 1. The van der Waals surface area contributed by atoms with Gasteiger partial charge in [-0.25, -0.2) is 4.39 Å². The number of benzene rings is 1. The fraction of sp³-hybridized carbons (Fsp3) is 0.483. The molecule has 1 aromatic rings. The molecule has 1 aromatic carbocycles. The topological polar surface area (TPSA) is 114 Å². The van der Waals surface area contributed by atoms with E-state index in [9.17, 15) is 18.8 Å². The highest BCUT2D eigenvalue weighted by atomic mass is 19.1. The highest BCUT2D eigenvalue weighted by Gasteiger charge is 2.54. The maximum Gasteiger partial charge on any atom is 0.247 e. The van der Waals surface area contributed by atoms with Crippen LogP contribution in [0.15, 0.2) is 66.5 Å². The van der Waals surface area contributed by atoms with Crippen molar-refractivity contribution < 1.29 is 23.5 Å². The summed E-state index contributed by atoms with van der Waals surface area (Å²) in [5.74, 6) is -1.58. The molecule has 0 bridgehead atoms. The molecule has 8 nitrogen and oxygen atoms in total. The first-order valence-corrected chi connectivity index (χ1v) is 12.9. The molecule has 2 aliphatic heterocycles. The lowest BCUT2D eigenvalue weighted by molar-refractivity contribution is -0.145. The van der Waals surface area contributed by atoms with Gasteiger partial charge in [0.25, 0.3) is 0 Å². The molecule has 1 spiro atoms. The van der Waals surface area contributed by atoms with Gasteiger partial charge in [0.1, 0.15) is 6.04 Å². The number of carbonyl (C=O) groups is 3. The van der Waals surface area contributed by atoms with E-state index in [1.165, 1.54) is 13.0 Å². The summed E-state index contributed by atoms with van der Waals surface area (Å²) >= 11 is 0. The number of rotatable bonds is 10. The van der Waals surface area contributed by atoms with Crippen molar-refractivity contribution in [1.82, 2.24) is 15.5 Å². The smallest absolute Gasteiger partial charge is 0.247 e. The van der Waals surface area contributed by atoms with Crippen molar-refractivity contribution in [3.05, 3.63) is 72.1 Å². The van der Waals surface area contributed by atoms with Crippen LogP contribution in [0.2, 0.25) is 0 Å². The SMILES string of the molecule is C=C/C(=C\C=C(/C)F)C1CNC(=O)C12CCCN(C(=O)C(COCc1ccccc1)NC(=O)C(C)(C)N)C2. The van der Waals surface area contributed by atoms with Gasteiger partial charge in [-0.05, 0) is 50.8 Å². The van der Waals surface area contributed by atoms with Crippen LogP contribution in [0, 0.1) is 11.3 Å². The van der Waals surface area contributed by atoms with Crippen LogP contribution in [0.3, 0.4) is 0 Å². The Bertz CT molecular complexity index is 1090. The fourth-order valence-electron chi connectivity index (χ4n) is 5.05. The first-order valence-electron chi connectivity index (χ1n) is 12.9. The van der Waals surface area contributed by atoms with Crippen molar-refractivity contribution in [3.8, 4) is 0 Å². The van der Waals surface area contributed by atoms with Crippen LogP contribution >= 0.6 is 0 Å². The Morgan fingerprint density at radius 1 is 1.34 bits per heavy atom. The van der Waals surface area contributed by atoms with E-state index in [4.69, 9.17) is 10.5 Å². The summed E-state index contributed by atoms with van der Waals surface area (Å²) in [6.45, 7) is 9.55. The molecule has 38 heavy (non-hydrogen) atoms. The van der Waals surface area contributed by atoms with E-state index in [0.717, 1.165) is 11.1 Å². The van der Waals surface area contributed by atoms with Gasteiger partial charge >= 0.3 is 0 Å². The summed E-state index contributed by atoms with van der Waals surface area (Å²) in [5.41, 5.74) is 5.58. The standard InChI is InChI=1S/C29H39FN4O4/c1-5-22(13-12-20(2)30)23-16-32-27(37)29(23)14-9-15-34(19-29)25(35)24(33-26(36)28(3,4)31)18-38-17-21-10-7-6-8-11-21/h5-8,10-13,23-24H,1,9,14-19,31H2,2-4H3,(H,32,37)(H,33,36)/b20-12+,22-13+. The summed E-state index contributed by atoms with van der Waals surface area (Å²) in [6, 6.07) is 8.55. The van der Waals surface area contributed by atoms with Crippen LogP contribution in [0.5, 0.6) is 0 Å². The number of nitrogens with zero attached hydrogens (tertiary/aromatic N) is 1. The minimum absolute atomic E-state index is 0.0486. The summed E-state index contributed by atoms with van der Waals surface area (Å²) in [5, 5.41) is 5.69. The molecule has 0 saturated carbocycles. The van der Waals surface area contributed by atoms with E-state index in [1.54, 1.807) is 30.9 Å². The quantitative estimate of drug-likeness (QED) is 0.406. The molecular formula is C29H39FN4O4. The van der Waals surface area contributed by atoms with Gasteiger partial charge in [0.05, 0.1) is 30.0 Å². The van der Waals surface area contributed by atoms with Crippen molar-refractivity contribution in [1.29, 1.82) is 0 Å². The first kappa shape index (κ1) is 29.3. The number of halogens is 1. The molecule has 3 atom stereocenters. The molecule has 4 N–H and O–H groups in total. The van der Waals surface area contributed by atoms with Crippen molar-refractivity contribution in [3.63, 3.8) is 0 Å². The summed E-state index contributed by atoms with van der Waals surface area (Å²) in [6.07, 6.45) is 5.81. The average molecular weight is 527 g/mol. The second-order valence-corrected chi connectivity index (χ2v) is 10.7. The molecule has 3 unspecified atom stereocenters. The fourth-order valence-corrected chi connectivity index (χ4v) is 5.05. The normalized spacial score (nSPS) is 23.2. The minimum Gasteiger partial charge on any atom is -0.374 e. The zero-order valence-corrected chi connectivity index (χ0v) is 22.5. The molecule has 206 valence electrons. The number of carbonyl (C=O) groups excluding carboxylic acids is 3. The third-order valence-corrected chi connectivity index (χ3v) is 7.15. The highest BCUT2D eigenvalue weighted by molar-refractivity contribution is 5.92. The van der Waals surface area contributed by atoms with Crippen LogP contribution in [0.1, 0.15) is 39.2 Å². The predicted molar refractivity (Wildman–Crippen MR) is 144 cm³/mol. The van der Waals surface area contributed by atoms with Crippen LogP contribution in [-0.2, 0) is 25.7 Å². The predicted octanol–water partition coefficient (Wildman–Crippen LogP) is 2.77. The zero-order valence-electron chi connectivity index (χ0n) is 22.5. The lowest BCUT2D eigenvalue weighted by Gasteiger charge is -2.43. The average Bonchev–Trinajstić information content (AvgIpc) is 3.18. The Morgan fingerprint density at radius 3 is 2.68 bits per heavy atom. The van der Waals surface area contributed by atoms with Gasteiger partial charge in [0.2, 0.25) is 17.7 Å². The third kappa shape index (κ3) is 6.96. The van der Waals surface area contributed by atoms with Crippen molar-refractivity contribution >= 4 is 17.7 Å². The number of piperidine rings is 1. The summed E-state index contributed by atoms with van der Waals surface area (Å²) in [7, 11) is 0. The first-order chi connectivity index (χ1) is 18.0. The van der Waals surface area contributed by atoms with E-state index in [0.29, 0.717) is 25.9 Å². The Hall–Kier alpha value is -3.30. The van der Waals surface area contributed by atoms with E-state index in [-0.39, 0.29) is 43.3 Å². The number of hydrogen-bond donors (Lipinski definition) is 3. The number of hydrogen-bond acceptors (Lipinski definition) is 5. The van der Waals surface area contributed by atoms with Crippen molar-refractivity contribution in [2.24, 2.45) is 17.1 Å². The Kier molecular flexibility index (Phi) is 9.62. The second kappa shape index (κ2) is 12.5. The van der Waals surface area contributed by atoms with Crippen LogP contribution in [-0.4, -0.2) is 60.4 Å². The Labute approximate surface area is 224 Å². The molecule has 0 aromatic heterocycles. The van der Waals surface area contributed by atoms with Gasteiger partial charge in [0, 0.05) is 25.6 Å². The van der Waals surface area contributed by atoms with Crippen LogP contribution in [0.4, 0.5) is 4.39 Å². The van der Waals surface area contributed by atoms with Crippen molar-refractivity contribution in [2.45, 2.75) is 51.8 Å². The number of likely N-dealkylation sites (tertiary alicyclic amines) is 1. The molecule has 0 aliphatic carbocycles. The lowest BCUT2D eigenvalue weighted by atomic mass is 9.68. The summed E-state index contributed by atoms with van der Waals surface area (Å²) < 4.78 is 19.3. The lowest BCUT2D eigenvalue weighted by Crippen LogP contribution is -2.60. The molecule has 3 amide bonds. The van der Waals surface area contributed by atoms with E-state index < -0.39 is 22.9 Å². The van der Waals surface area contributed by atoms with E-state index in [2.05, 4.69) is 17.2 Å². The largest absolute Gasteiger partial charge is 0.374 e. The molecule has 9 heteroatoms. The zero-order chi connectivity index (χ0) is 27.9. The Balaban J connectivity index is 1.82. The second-order valence-electron chi connectivity index (χ2n) is 10.7. The molecule has 2 fully saturated rings. The molecular weight excluding hydrogens is 487 g/mol. The number of amides is 3. The maximum absolute atomic E-state index is 13.8. The molecule has 2 heterocycles. The van der Waals surface area contributed by atoms with Gasteiger partial charge < -0.3 is 26.0 Å². The highest BCUT2D eigenvalue weighted by Crippen LogP contribution is 2.44. The van der Waals surface area contributed by atoms with Gasteiger partial charge in [-0.2, -0.15) is 0 Å². The monoisotopic (exact) mass is 526 g/mol.